The van der Waals surface area contributed by atoms with Crippen LogP contribution in [0.15, 0.2) is 30.3 Å². The average Bonchev–Trinajstić information content (AvgIpc) is 2.38. The lowest BCUT2D eigenvalue weighted by atomic mass is 10.2. The van der Waals surface area contributed by atoms with Gasteiger partial charge in [0.15, 0.2) is 0 Å². The summed E-state index contributed by atoms with van der Waals surface area (Å²) in [4.78, 5) is 15.1. The molecule has 0 aliphatic rings. The fourth-order valence-corrected chi connectivity index (χ4v) is 1.93. The molecule has 0 unspecified atom stereocenters. The number of hydrogen-bond donors (Lipinski definition) is 2. The first kappa shape index (κ1) is 14.4. The summed E-state index contributed by atoms with van der Waals surface area (Å²) in [6.07, 6.45) is 0. The number of carbonyl (C=O) groups is 1. The number of aromatic carboxylic acids is 1. The normalized spacial score (nSPS) is 10.2. The molecule has 1 aromatic heterocycles. The van der Waals surface area contributed by atoms with Crippen molar-refractivity contribution in [2.24, 2.45) is 0 Å². The van der Waals surface area contributed by atoms with Gasteiger partial charge in [-0.05, 0) is 30.3 Å². The maximum atomic E-state index is 11.2. The number of pyridine rings is 1. The number of rotatable bonds is 4. The number of carboxylic acid groups (broad SMARTS) is 1. The third-order valence-corrected chi connectivity index (χ3v) is 2.95. The van der Waals surface area contributed by atoms with E-state index >= 15 is 0 Å². The molecule has 20 heavy (non-hydrogen) atoms. The molecule has 2 aromatic rings. The van der Waals surface area contributed by atoms with Gasteiger partial charge in [0.1, 0.15) is 22.3 Å². The van der Waals surface area contributed by atoms with Crippen LogP contribution in [0.4, 0.5) is 11.5 Å². The second-order valence-corrected chi connectivity index (χ2v) is 4.63. The van der Waals surface area contributed by atoms with E-state index in [1.807, 2.05) is 0 Å². The van der Waals surface area contributed by atoms with Gasteiger partial charge in [0.05, 0.1) is 12.8 Å². The third-order valence-electron chi connectivity index (χ3n) is 2.51. The van der Waals surface area contributed by atoms with Crippen LogP contribution in [0.2, 0.25) is 10.2 Å². The highest BCUT2D eigenvalue weighted by Gasteiger charge is 2.14. The van der Waals surface area contributed by atoms with Gasteiger partial charge in [-0.3, -0.25) is 0 Å². The molecule has 0 atom stereocenters. The monoisotopic (exact) mass is 312 g/mol. The molecule has 0 fully saturated rings. The summed E-state index contributed by atoms with van der Waals surface area (Å²) in [5.74, 6) is -0.490. The van der Waals surface area contributed by atoms with Crippen molar-refractivity contribution in [2.45, 2.75) is 0 Å². The summed E-state index contributed by atoms with van der Waals surface area (Å²) in [7, 11) is 1.50. The van der Waals surface area contributed by atoms with Crippen LogP contribution in [0.1, 0.15) is 10.4 Å². The minimum absolute atomic E-state index is 0.00331. The number of carboxylic acids is 1. The van der Waals surface area contributed by atoms with Gasteiger partial charge in [0.2, 0.25) is 0 Å². The van der Waals surface area contributed by atoms with Gasteiger partial charge in [-0.15, -0.1) is 0 Å². The van der Waals surface area contributed by atoms with Gasteiger partial charge in [-0.1, -0.05) is 23.2 Å². The number of ether oxygens (including phenoxy) is 1. The Kier molecular flexibility index (Phi) is 4.32. The minimum Gasteiger partial charge on any atom is -0.495 e. The van der Waals surface area contributed by atoms with E-state index in [-0.39, 0.29) is 16.5 Å². The van der Waals surface area contributed by atoms with Crippen molar-refractivity contribution in [2.75, 3.05) is 12.4 Å². The summed E-state index contributed by atoms with van der Waals surface area (Å²) in [5.41, 5.74) is 0.494. The number of nitrogens with one attached hydrogen (secondary N) is 1. The quantitative estimate of drug-likeness (QED) is 0.839. The van der Waals surface area contributed by atoms with E-state index in [4.69, 9.17) is 33.0 Å². The summed E-state index contributed by atoms with van der Waals surface area (Å²) in [6, 6.07) is 7.71. The zero-order valence-electron chi connectivity index (χ0n) is 10.4. The van der Waals surface area contributed by atoms with Crippen molar-refractivity contribution in [3.63, 3.8) is 0 Å². The second kappa shape index (κ2) is 5.98. The molecule has 0 aliphatic heterocycles. The molecule has 0 saturated heterocycles. The summed E-state index contributed by atoms with van der Waals surface area (Å²) < 4.78 is 5.17. The van der Waals surface area contributed by atoms with E-state index < -0.39 is 5.97 Å². The highest BCUT2D eigenvalue weighted by atomic mass is 35.5. The smallest absolute Gasteiger partial charge is 0.339 e. The standard InChI is InChI=1S/C13H10Cl2N2O3/c1-20-10-4-2-7(14)6-9(10)16-12-8(13(18)19)3-5-11(15)17-12/h2-6H,1H3,(H,16,17)(H,18,19). The lowest BCUT2D eigenvalue weighted by Gasteiger charge is -2.12. The maximum Gasteiger partial charge on any atom is 0.339 e. The third kappa shape index (κ3) is 3.12. The number of aromatic nitrogens is 1. The molecule has 5 nitrogen and oxygen atoms in total. The number of halogens is 2. The summed E-state index contributed by atoms with van der Waals surface area (Å²) in [5, 5.41) is 12.7. The summed E-state index contributed by atoms with van der Waals surface area (Å²) in [6.45, 7) is 0. The van der Waals surface area contributed by atoms with Gasteiger partial charge in [0, 0.05) is 5.02 Å². The van der Waals surface area contributed by atoms with Crippen molar-refractivity contribution < 1.29 is 14.6 Å². The molecular formula is C13H10Cl2N2O3. The number of nitrogens with zero attached hydrogens (tertiary/aromatic N) is 1. The summed E-state index contributed by atoms with van der Waals surface area (Å²) >= 11 is 11.7. The van der Waals surface area contributed by atoms with Crippen LogP contribution in [0.25, 0.3) is 0 Å². The molecule has 0 amide bonds. The van der Waals surface area contributed by atoms with Crippen molar-refractivity contribution in [3.8, 4) is 5.75 Å². The van der Waals surface area contributed by atoms with Crippen LogP contribution in [0, 0.1) is 0 Å². The van der Waals surface area contributed by atoms with Crippen molar-refractivity contribution in [1.82, 2.24) is 4.98 Å². The topological polar surface area (TPSA) is 71.5 Å². The predicted octanol–water partition coefficient (Wildman–Crippen LogP) is 3.84. The predicted molar refractivity (Wildman–Crippen MR) is 77.5 cm³/mol. The number of hydrogen-bond acceptors (Lipinski definition) is 4. The van der Waals surface area contributed by atoms with Crippen molar-refractivity contribution in [3.05, 3.63) is 46.1 Å². The molecule has 1 heterocycles. The van der Waals surface area contributed by atoms with Crippen LogP contribution in [-0.2, 0) is 0 Å². The highest BCUT2D eigenvalue weighted by molar-refractivity contribution is 6.31. The molecule has 104 valence electrons. The zero-order chi connectivity index (χ0) is 14.7. The lowest BCUT2D eigenvalue weighted by molar-refractivity contribution is 0.0697. The molecule has 7 heteroatoms. The Morgan fingerprint density at radius 2 is 2.05 bits per heavy atom. The Morgan fingerprint density at radius 1 is 1.30 bits per heavy atom. The fourth-order valence-electron chi connectivity index (χ4n) is 1.61. The van der Waals surface area contributed by atoms with Gasteiger partial charge in [0.25, 0.3) is 0 Å². The van der Waals surface area contributed by atoms with Crippen LogP contribution >= 0.6 is 23.2 Å². The molecule has 0 spiro atoms. The first-order valence-corrected chi connectivity index (χ1v) is 6.27. The lowest BCUT2D eigenvalue weighted by Crippen LogP contribution is -2.05. The highest BCUT2D eigenvalue weighted by Crippen LogP contribution is 2.31. The Labute approximate surface area is 125 Å². The molecule has 0 aliphatic carbocycles. The largest absolute Gasteiger partial charge is 0.495 e. The Bertz CT molecular complexity index is 662. The van der Waals surface area contributed by atoms with Crippen LogP contribution in [0.5, 0.6) is 5.75 Å². The average molecular weight is 313 g/mol. The zero-order valence-corrected chi connectivity index (χ0v) is 11.9. The van der Waals surface area contributed by atoms with E-state index in [0.29, 0.717) is 16.5 Å². The van der Waals surface area contributed by atoms with Gasteiger partial charge in [-0.25, -0.2) is 9.78 Å². The minimum atomic E-state index is -1.11. The Hall–Kier alpha value is -1.98. The molecule has 2 rings (SSSR count). The maximum absolute atomic E-state index is 11.2. The van der Waals surface area contributed by atoms with Crippen molar-refractivity contribution in [1.29, 1.82) is 0 Å². The Balaban J connectivity index is 2.46. The van der Waals surface area contributed by atoms with E-state index in [1.54, 1.807) is 18.2 Å². The van der Waals surface area contributed by atoms with E-state index in [0.717, 1.165) is 0 Å². The SMILES string of the molecule is COc1ccc(Cl)cc1Nc1nc(Cl)ccc1C(=O)O. The van der Waals surface area contributed by atoms with Gasteiger partial charge >= 0.3 is 5.97 Å². The molecule has 0 saturated carbocycles. The van der Waals surface area contributed by atoms with E-state index in [9.17, 15) is 4.79 Å². The molecule has 0 radical (unpaired) electrons. The van der Waals surface area contributed by atoms with Gasteiger partial charge < -0.3 is 15.2 Å². The Morgan fingerprint density at radius 3 is 2.70 bits per heavy atom. The fraction of sp³-hybridized carbons (Fsp3) is 0.0769. The number of benzene rings is 1. The van der Waals surface area contributed by atoms with Gasteiger partial charge in [-0.2, -0.15) is 0 Å². The first-order valence-electron chi connectivity index (χ1n) is 5.51. The molecule has 2 N–H and O–H groups in total. The van der Waals surface area contributed by atoms with Crippen LogP contribution in [-0.4, -0.2) is 23.2 Å². The van der Waals surface area contributed by atoms with Crippen LogP contribution in [0.3, 0.4) is 0 Å². The number of methoxy groups -OCH3 is 1. The van der Waals surface area contributed by atoms with E-state index in [2.05, 4.69) is 10.3 Å². The first-order chi connectivity index (χ1) is 9.51. The molecular weight excluding hydrogens is 303 g/mol. The molecule has 1 aromatic carbocycles. The van der Waals surface area contributed by atoms with Crippen molar-refractivity contribution >= 4 is 40.7 Å². The number of anilines is 2. The van der Waals surface area contributed by atoms with E-state index in [1.165, 1.54) is 19.2 Å². The van der Waals surface area contributed by atoms with Crippen LogP contribution < -0.4 is 10.1 Å². The molecule has 0 bridgehead atoms. The second-order valence-electron chi connectivity index (χ2n) is 3.80.